The second kappa shape index (κ2) is 3.87. The molecule has 2 heterocycles. The van der Waals surface area contributed by atoms with Crippen molar-refractivity contribution in [3.8, 4) is 0 Å². The Balaban J connectivity index is 1.87. The molecule has 0 saturated carbocycles. The molecule has 0 spiro atoms. The molecule has 2 aliphatic rings. The highest BCUT2D eigenvalue weighted by atomic mass is 16.5. The Bertz CT molecular complexity index is 218. The first kappa shape index (κ1) is 9.93. The molecule has 0 aromatic heterocycles. The third-order valence-corrected chi connectivity index (χ3v) is 3.09. The predicted octanol–water partition coefficient (Wildman–Crippen LogP) is 0.0336. The zero-order valence-corrected chi connectivity index (χ0v) is 8.64. The van der Waals surface area contributed by atoms with E-state index in [9.17, 15) is 4.79 Å². The van der Waals surface area contributed by atoms with E-state index in [1.54, 1.807) is 0 Å². The van der Waals surface area contributed by atoms with Crippen LogP contribution in [0.5, 0.6) is 0 Å². The fourth-order valence-electron chi connectivity index (χ4n) is 2.07. The number of amides is 1. The monoisotopic (exact) mass is 198 g/mol. The first-order valence-electron chi connectivity index (χ1n) is 5.36. The summed E-state index contributed by atoms with van der Waals surface area (Å²) in [5.74, 6) is 0.0590. The maximum atomic E-state index is 11.9. The van der Waals surface area contributed by atoms with Crippen LogP contribution in [-0.2, 0) is 9.53 Å². The van der Waals surface area contributed by atoms with Crippen molar-refractivity contribution in [2.45, 2.75) is 37.8 Å². The minimum Gasteiger partial charge on any atom is -0.365 e. The van der Waals surface area contributed by atoms with Gasteiger partial charge in [-0.3, -0.25) is 4.79 Å². The number of ether oxygens (including phenoxy) is 1. The highest BCUT2D eigenvalue weighted by Crippen LogP contribution is 2.25. The van der Waals surface area contributed by atoms with Crippen molar-refractivity contribution in [2.75, 3.05) is 19.7 Å². The summed E-state index contributed by atoms with van der Waals surface area (Å²) in [5, 5.41) is 6.26. The van der Waals surface area contributed by atoms with Crippen LogP contribution in [0.15, 0.2) is 0 Å². The molecule has 0 aromatic rings. The smallest absolute Gasteiger partial charge is 0.252 e. The molecule has 2 fully saturated rings. The van der Waals surface area contributed by atoms with Crippen LogP contribution in [0.1, 0.15) is 26.2 Å². The number of carbonyl (C=O) groups is 1. The van der Waals surface area contributed by atoms with E-state index in [0.29, 0.717) is 12.6 Å². The maximum absolute atomic E-state index is 11.9. The van der Waals surface area contributed by atoms with E-state index in [4.69, 9.17) is 4.74 Å². The summed E-state index contributed by atoms with van der Waals surface area (Å²) in [6.07, 6.45) is 2.87. The maximum Gasteiger partial charge on any atom is 0.252 e. The van der Waals surface area contributed by atoms with Gasteiger partial charge in [0.1, 0.15) is 5.60 Å². The Hall–Kier alpha value is -0.610. The summed E-state index contributed by atoms with van der Waals surface area (Å²) < 4.78 is 5.48. The lowest BCUT2D eigenvalue weighted by Gasteiger charge is -2.24. The van der Waals surface area contributed by atoms with Crippen LogP contribution in [0.25, 0.3) is 0 Å². The summed E-state index contributed by atoms with van der Waals surface area (Å²) >= 11 is 0. The van der Waals surface area contributed by atoms with Gasteiger partial charge in [-0.15, -0.1) is 0 Å². The number of carbonyl (C=O) groups excluding carboxylic acids is 1. The van der Waals surface area contributed by atoms with Crippen LogP contribution in [-0.4, -0.2) is 37.2 Å². The number of nitrogens with one attached hydrogen (secondary N) is 2. The van der Waals surface area contributed by atoms with Crippen LogP contribution in [0.4, 0.5) is 0 Å². The molecule has 0 aromatic carbocycles. The standard InChI is InChI=1S/C10H18N2O2/c1-10(4-2-6-14-10)9(13)12-8-3-5-11-7-8/h8,11H,2-7H2,1H3,(H,12,13)/t8-,10?/m0/s1. The third kappa shape index (κ3) is 1.91. The van der Waals surface area contributed by atoms with Crippen molar-refractivity contribution in [3.63, 3.8) is 0 Å². The third-order valence-electron chi connectivity index (χ3n) is 3.09. The summed E-state index contributed by atoms with van der Waals surface area (Å²) in [6, 6.07) is 0.295. The molecule has 2 N–H and O–H groups in total. The minimum absolute atomic E-state index is 0.0590. The molecule has 4 nitrogen and oxygen atoms in total. The molecule has 0 aliphatic carbocycles. The van der Waals surface area contributed by atoms with Crippen LogP contribution in [0.2, 0.25) is 0 Å². The first-order chi connectivity index (χ1) is 6.71. The molecule has 14 heavy (non-hydrogen) atoms. The summed E-state index contributed by atoms with van der Waals surface area (Å²) in [6.45, 7) is 4.49. The number of hydrogen-bond acceptors (Lipinski definition) is 3. The Labute approximate surface area is 84.4 Å². The van der Waals surface area contributed by atoms with E-state index < -0.39 is 5.60 Å². The van der Waals surface area contributed by atoms with E-state index in [1.165, 1.54) is 0 Å². The zero-order chi connectivity index (χ0) is 10.0. The molecule has 0 bridgehead atoms. The van der Waals surface area contributed by atoms with Gasteiger partial charge in [-0.05, 0) is 32.7 Å². The van der Waals surface area contributed by atoms with Crippen LogP contribution in [0.3, 0.4) is 0 Å². The molecule has 1 amide bonds. The Morgan fingerprint density at radius 3 is 3.07 bits per heavy atom. The van der Waals surface area contributed by atoms with E-state index in [0.717, 1.165) is 32.4 Å². The van der Waals surface area contributed by atoms with E-state index in [1.807, 2.05) is 6.92 Å². The lowest BCUT2D eigenvalue weighted by atomic mass is 10.0. The van der Waals surface area contributed by atoms with E-state index >= 15 is 0 Å². The van der Waals surface area contributed by atoms with Crippen molar-refractivity contribution >= 4 is 5.91 Å². The topological polar surface area (TPSA) is 50.4 Å². The van der Waals surface area contributed by atoms with Crippen molar-refractivity contribution in [2.24, 2.45) is 0 Å². The van der Waals surface area contributed by atoms with Gasteiger partial charge < -0.3 is 15.4 Å². The quantitative estimate of drug-likeness (QED) is 0.658. The molecule has 80 valence electrons. The van der Waals surface area contributed by atoms with Gasteiger partial charge in [-0.1, -0.05) is 0 Å². The predicted molar refractivity (Wildman–Crippen MR) is 53.0 cm³/mol. The number of rotatable bonds is 2. The molecular weight excluding hydrogens is 180 g/mol. The lowest BCUT2D eigenvalue weighted by molar-refractivity contribution is -0.140. The average molecular weight is 198 g/mol. The summed E-state index contributed by atoms with van der Waals surface area (Å²) in [5.41, 5.74) is -0.567. The highest BCUT2D eigenvalue weighted by Gasteiger charge is 2.38. The van der Waals surface area contributed by atoms with Crippen molar-refractivity contribution in [1.82, 2.24) is 10.6 Å². The fraction of sp³-hybridized carbons (Fsp3) is 0.900. The van der Waals surface area contributed by atoms with Crippen molar-refractivity contribution in [1.29, 1.82) is 0 Å². The molecular formula is C10H18N2O2. The zero-order valence-electron chi connectivity index (χ0n) is 8.64. The Morgan fingerprint density at radius 1 is 1.64 bits per heavy atom. The van der Waals surface area contributed by atoms with Gasteiger partial charge in [-0.2, -0.15) is 0 Å². The first-order valence-corrected chi connectivity index (χ1v) is 5.36. The van der Waals surface area contributed by atoms with Gasteiger partial charge in [0.25, 0.3) is 5.91 Å². The molecule has 2 saturated heterocycles. The Morgan fingerprint density at radius 2 is 2.50 bits per heavy atom. The Kier molecular flexibility index (Phi) is 2.74. The average Bonchev–Trinajstić information content (AvgIpc) is 2.76. The van der Waals surface area contributed by atoms with Crippen molar-refractivity contribution < 1.29 is 9.53 Å². The summed E-state index contributed by atoms with van der Waals surface area (Å²) in [7, 11) is 0. The number of hydrogen-bond donors (Lipinski definition) is 2. The van der Waals surface area contributed by atoms with Gasteiger partial charge in [-0.25, -0.2) is 0 Å². The molecule has 0 radical (unpaired) electrons. The second-order valence-electron chi connectivity index (χ2n) is 4.35. The van der Waals surface area contributed by atoms with Gasteiger partial charge in [0.05, 0.1) is 0 Å². The minimum atomic E-state index is -0.567. The normalized spacial score (nSPS) is 37.4. The van der Waals surface area contributed by atoms with Gasteiger partial charge in [0.2, 0.25) is 0 Å². The molecule has 2 aliphatic heterocycles. The lowest BCUT2D eigenvalue weighted by Crippen LogP contribution is -2.48. The fourth-order valence-corrected chi connectivity index (χ4v) is 2.07. The molecule has 4 heteroatoms. The van der Waals surface area contributed by atoms with Crippen LogP contribution >= 0.6 is 0 Å². The van der Waals surface area contributed by atoms with Crippen LogP contribution in [0, 0.1) is 0 Å². The molecule has 2 atom stereocenters. The van der Waals surface area contributed by atoms with E-state index in [2.05, 4.69) is 10.6 Å². The van der Waals surface area contributed by atoms with Gasteiger partial charge in [0.15, 0.2) is 0 Å². The largest absolute Gasteiger partial charge is 0.365 e. The SMILES string of the molecule is CC1(C(=O)N[C@H]2CCNC2)CCCO1. The second-order valence-corrected chi connectivity index (χ2v) is 4.35. The van der Waals surface area contributed by atoms with Crippen molar-refractivity contribution in [3.05, 3.63) is 0 Å². The molecule has 1 unspecified atom stereocenters. The van der Waals surface area contributed by atoms with Gasteiger partial charge >= 0.3 is 0 Å². The van der Waals surface area contributed by atoms with Gasteiger partial charge in [0, 0.05) is 19.2 Å². The molecule has 2 rings (SSSR count). The van der Waals surface area contributed by atoms with E-state index in [-0.39, 0.29) is 5.91 Å². The van der Waals surface area contributed by atoms with Crippen LogP contribution < -0.4 is 10.6 Å². The highest BCUT2D eigenvalue weighted by molar-refractivity contribution is 5.85. The summed E-state index contributed by atoms with van der Waals surface area (Å²) in [4.78, 5) is 11.9.